The number of hydrogen-bond donors (Lipinski definition) is 0. The van der Waals surface area contributed by atoms with Gasteiger partial charge in [0.05, 0.1) is 0 Å². The fourth-order valence-electron chi connectivity index (χ4n) is 1.61. The molecule has 0 unspecified atom stereocenters. The van der Waals surface area contributed by atoms with Crippen LogP contribution in [-0.4, -0.2) is 18.6 Å². The van der Waals surface area contributed by atoms with Gasteiger partial charge in [-0.25, -0.2) is 4.79 Å². The van der Waals surface area contributed by atoms with E-state index in [9.17, 15) is 9.59 Å². The Labute approximate surface area is 94.0 Å². The van der Waals surface area contributed by atoms with Crippen molar-refractivity contribution < 1.29 is 14.3 Å². The van der Waals surface area contributed by atoms with E-state index in [1.807, 2.05) is 32.9 Å². The van der Waals surface area contributed by atoms with E-state index in [4.69, 9.17) is 4.74 Å². The van der Waals surface area contributed by atoms with Gasteiger partial charge in [-0.05, 0) is 31.9 Å². The quantitative estimate of drug-likeness (QED) is 0.576. The topological polar surface area (TPSA) is 55.7 Å². The molecule has 1 rings (SSSR count). The molecule has 0 heterocycles. The van der Waals surface area contributed by atoms with E-state index in [2.05, 4.69) is 4.99 Å². The molecule has 1 amide bonds. The second-order valence-corrected chi connectivity index (χ2v) is 3.61. The molecular weight excluding hydrogens is 206 g/mol. The molecule has 0 saturated heterocycles. The van der Waals surface area contributed by atoms with E-state index in [-0.39, 0.29) is 6.61 Å². The molecular formula is C12H13NO3. The molecule has 0 saturated carbocycles. The minimum Gasteiger partial charge on any atom is -0.483 e. The van der Waals surface area contributed by atoms with E-state index < -0.39 is 5.91 Å². The summed E-state index contributed by atoms with van der Waals surface area (Å²) in [6, 6.07) is 3.94. The standard InChI is InChI=1S/C12H13NO3/c1-8-4-9(2)12(10(3)5-8)16-6-11(15)13-7-14/h4-5H,6H2,1-3H3. The van der Waals surface area contributed by atoms with Gasteiger partial charge >= 0.3 is 0 Å². The normalized spacial score (nSPS) is 9.44. The zero-order chi connectivity index (χ0) is 12.1. The highest BCUT2D eigenvalue weighted by molar-refractivity contribution is 5.82. The summed E-state index contributed by atoms with van der Waals surface area (Å²) in [7, 11) is 0. The van der Waals surface area contributed by atoms with Crippen LogP contribution in [0.5, 0.6) is 5.75 Å². The third kappa shape index (κ3) is 3.04. The van der Waals surface area contributed by atoms with Gasteiger partial charge in [-0.1, -0.05) is 17.7 Å². The number of aryl methyl sites for hydroxylation is 3. The first-order valence-electron chi connectivity index (χ1n) is 4.86. The molecule has 4 heteroatoms. The number of ether oxygens (including phenoxy) is 1. The summed E-state index contributed by atoms with van der Waals surface area (Å²) in [6.07, 6.45) is 1.19. The molecule has 16 heavy (non-hydrogen) atoms. The van der Waals surface area contributed by atoms with Gasteiger partial charge in [-0.15, -0.1) is 4.99 Å². The van der Waals surface area contributed by atoms with Gasteiger partial charge in [0, 0.05) is 0 Å². The summed E-state index contributed by atoms with van der Waals surface area (Å²) >= 11 is 0. The number of aliphatic imine (C=N–C) groups is 1. The maximum atomic E-state index is 11.0. The summed E-state index contributed by atoms with van der Waals surface area (Å²) < 4.78 is 5.31. The number of amides is 1. The number of rotatable bonds is 3. The second kappa shape index (κ2) is 5.24. The number of carbonyl (C=O) groups excluding carboxylic acids is 2. The van der Waals surface area contributed by atoms with E-state index in [0.29, 0.717) is 5.75 Å². The highest BCUT2D eigenvalue weighted by atomic mass is 16.5. The van der Waals surface area contributed by atoms with Crippen LogP contribution < -0.4 is 4.74 Å². The van der Waals surface area contributed by atoms with Crippen LogP contribution in [0.3, 0.4) is 0 Å². The van der Waals surface area contributed by atoms with Gasteiger partial charge in [0.25, 0.3) is 5.91 Å². The van der Waals surface area contributed by atoms with Crippen molar-refractivity contribution in [2.75, 3.05) is 6.61 Å². The molecule has 0 atom stereocenters. The Bertz CT molecular complexity index is 436. The summed E-state index contributed by atoms with van der Waals surface area (Å²) in [6.45, 7) is 5.57. The van der Waals surface area contributed by atoms with Crippen LogP contribution in [0.15, 0.2) is 17.1 Å². The van der Waals surface area contributed by atoms with Gasteiger partial charge in [0.2, 0.25) is 6.08 Å². The minimum atomic E-state index is -0.630. The van der Waals surface area contributed by atoms with E-state index in [1.54, 1.807) is 0 Å². The molecule has 0 fully saturated rings. The van der Waals surface area contributed by atoms with Crippen molar-refractivity contribution in [3.8, 4) is 5.75 Å². The smallest absolute Gasteiger partial charge is 0.294 e. The van der Waals surface area contributed by atoms with Crippen LogP contribution in [0, 0.1) is 20.8 Å². The minimum absolute atomic E-state index is 0.236. The zero-order valence-electron chi connectivity index (χ0n) is 9.53. The molecule has 0 spiro atoms. The lowest BCUT2D eigenvalue weighted by atomic mass is 10.1. The fourth-order valence-corrected chi connectivity index (χ4v) is 1.61. The molecule has 1 aromatic carbocycles. The summed E-state index contributed by atoms with van der Waals surface area (Å²) in [5.74, 6) is 0.0365. The van der Waals surface area contributed by atoms with Crippen LogP contribution in [-0.2, 0) is 9.59 Å². The molecule has 0 aromatic heterocycles. The number of benzene rings is 1. The zero-order valence-corrected chi connectivity index (χ0v) is 9.53. The summed E-state index contributed by atoms with van der Waals surface area (Å²) in [4.78, 5) is 23.7. The Morgan fingerprint density at radius 3 is 2.38 bits per heavy atom. The molecule has 0 radical (unpaired) electrons. The lowest BCUT2D eigenvalue weighted by Gasteiger charge is -2.11. The third-order valence-corrected chi connectivity index (χ3v) is 2.11. The Balaban J connectivity index is 2.82. The number of carbonyl (C=O) groups is 1. The Morgan fingerprint density at radius 2 is 1.88 bits per heavy atom. The van der Waals surface area contributed by atoms with Crippen LogP contribution in [0.4, 0.5) is 0 Å². The number of hydrogen-bond acceptors (Lipinski definition) is 3. The highest BCUT2D eigenvalue weighted by Crippen LogP contribution is 2.24. The van der Waals surface area contributed by atoms with Gasteiger partial charge in [0.1, 0.15) is 5.75 Å². The van der Waals surface area contributed by atoms with Crippen molar-refractivity contribution in [2.24, 2.45) is 4.99 Å². The Morgan fingerprint density at radius 1 is 1.31 bits per heavy atom. The first kappa shape index (κ1) is 12.1. The predicted octanol–water partition coefficient (Wildman–Crippen LogP) is 1.85. The molecule has 0 aliphatic rings. The van der Waals surface area contributed by atoms with Crippen LogP contribution in [0.25, 0.3) is 0 Å². The van der Waals surface area contributed by atoms with Crippen molar-refractivity contribution in [2.45, 2.75) is 20.8 Å². The Hall–Kier alpha value is -1.93. The van der Waals surface area contributed by atoms with Gasteiger partial charge in [-0.2, -0.15) is 0 Å². The lowest BCUT2D eigenvalue weighted by Crippen LogP contribution is -2.09. The summed E-state index contributed by atoms with van der Waals surface area (Å²) in [5.41, 5.74) is 3.06. The number of isocyanates is 1. The van der Waals surface area contributed by atoms with Crippen LogP contribution >= 0.6 is 0 Å². The first-order chi connectivity index (χ1) is 7.54. The van der Waals surface area contributed by atoms with Crippen LogP contribution in [0.2, 0.25) is 0 Å². The van der Waals surface area contributed by atoms with Gasteiger partial charge < -0.3 is 4.74 Å². The van der Waals surface area contributed by atoms with Crippen LogP contribution in [0.1, 0.15) is 16.7 Å². The van der Waals surface area contributed by atoms with Gasteiger partial charge in [0.15, 0.2) is 6.61 Å². The average Bonchev–Trinajstić information content (AvgIpc) is 2.16. The predicted molar refractivity (Wildman–Crippen MR) is 59.3 cm³/mol. The molecule has 4 nitrogen and oxygen atoms in total. The first-order valence-corrected chi connectivity index (χ1v) is 4.86. The van der Waals surface area contributed by atoms with E-state index >= 15 is 0 Å². The lowest BCUT2D eigenvalue weighted by molar-refractivity contribution is -0.119. The number of nitrogens with zero attached hydrogens (tertiary/aromatic N) is 1. The van der Waals surface area contributed by atoms with E-state index in [1.165, 1.54) is 6.08 Å². The Kier molecular flexibility index (Phi) is 3.97. The maximum Gasteiger partial charge on any atom is 0.294 e. The molecule has 1 aromatic rings. The third-order valence-electron chi connectivity index (χ3n) is 2.11. The summed E-state index contributed by atoms with van der Waals surface area (Å²) in [5, 5.41) is 0. The molecule has 0 aliphatic heterocycles. The van der Waals surface area contributed by atoms with Crippen molar-refractivity contribution in [3.63, 3.8) is 0 Å². The molecule has 84 valence electrons. The monoisotopic (exact) mass is 219 g/mol. The van der Waals surface area contributed by atoms with Crippen molar-refractivity contribution in [3.05, 3.63) is 28.8 Å². The molecule has 0 aliphatic carbocycles. The molecule has 0 bridgehead atoms. The second-order valence-electron chi connectivity index (χ2n) is 3.61. The van der Waals surface area contributed by atoms with Crippen molar-refractivity contribution >= 4 is 12.0 Å². The van der Waals surface area contributed by atoms with Gasteiger partial charge in [-0.3, -0.25) is 4.79 Å². The largest absolute Gasteiger partial charge is 0.483 e. The van der Waals surface area contributed by atoms with E-state index in [0.717, 1.165) is 16.7 Å². The van der Waals surface area contributed by atoms with Crippen molar-refractivity contribution in [1.82, 2.24) is 0 Å². The fraction of sp³-hybridized carbons (Fsp3) is 0.333. The van der Waals surface area contributed by atoms with Crippen molar-refractivity contribution in [1.29, 1.82) is 0 Å². The average molecular weight is 219 g/mol. The molecule has 0 N–H and O–H groups in total. The highest BCUT2D eigenvalue weighted by Gasteiger charge is 2.07. The SMILES string of the molecule is Cc1cc(C)c(OCC(=O)N=C=O)c(C)c1. The maximum absolute atomic E-state index is 11.0.